The largest absolute Gasteiger partial charge is 0.478 e. The number of fused-ring (bicyclic) bond motifs is 3. The molecule has 3 aromatic rings. The summed E-state index contributed by atoms with van der Waals surface area (Å²) < 4.78 is 6.07. The zero-order valence-corrected chi connectivity index (χ0v) is 17.1. The normalized spacial score (nSPS) is 14.2. The number of aromatic amines is 1. The second kappa shape index (κ2) is 7.83. The maximum absolute atomic E-state index is 12.8. The number of aryl methyl sites for hydroxylation is 2. The van der Waals surface area contributed by atoms with Crippen molar-refractivity contribution in [2.45, 2.75) is 38.5 Å². The first kappa shape index (κ1) is 18.2. The van der Waals surface area contributed by atoms with Crippen molar-refractivity contribution in [3.8, 4) is 23.2 Å². The second-order valence-corrected chi connectivity index (χ2v) is 8.54. The lowest BCUT2D eigenvalue weighted by atomic mass is 9.98. The number of ether oxygens (including phenoxy) is 1. The summed E-state index contributed by atoms with van der Waals surface area (Å²) in [5.41, 5.74) is 1.94. The SMILES string of the molecule is N#CCOc1ccc(-c2nc3sc4c(c3c(=O)[nH]2)CCCCCC4)cc1Br. The van der Waals surface area contributed by atoms with E-state index in [-0.39, 0.29) is 12.2 Å². The Bertz CT molecular complexity index is 1100. The minimum atomic E-state index is -0.0611. The van der Waals surface area contributed by atoms with Gasteiger partial charge in [0, 0.05) is 10.4 Å². The predicted octanol–water partition coefficient (Wildman–Crippen LogP) is 4.98. The first-order valence-electron chi connectivity index (χ1n) is 9.01. The molecule has 0 atom stereocenters. The summed E-state index contributed by atoms with van der Waals surface area (Å²) >= 11 is 5.12. The van der Waals surface area contributed by atoms with Crippen LogP contribution in [0.5, 0.6) is 5.75 Å². The Hall–Kier alpha value is -2.17. The number of benzene rings is 1. The molecule has 0 bridgehead atoms. The van der Waals surface area contributed by atoms with Gasteiger partial charge in [0.05, 0.1) is 9.86 Å². The van der Waals surface area contributed by atoms with Crippen molar-refractivity contribution in [2.75, 3.05) is 6.61 Å². The van der Waals surface area contributed by atoms with Crippen LogP contribution in [0.4, 0.5) is 0 Å². The van der Waals surface area contributed by atoms with E-state index in [1.54, 1.807) is 17.4 Å². The standard InChI is InChI=1S/C20H18BrN3O2S/c21-14-11-12(7-8-15(14)26-10-9-22)18-23-19(25)17-13-5-3-1-2-4-6-16(13)27-20(17)24-18/h7-8,11H,1-6,10H2,(H,23,24,25). The Labute approximate surface area is 169 Å². The number of hydrogen-bond donors (Lipinski definition) is 1. The highest BCUT2D eigenvalue weighted by Gasteiger charge is 2.19. The highest BCUT2D eigenvalue weighted by molar-refractivity contribution is 9.10. The van der Waals surface area contributed by atoms with Crippen LogP contribution in [0.15, 0.2) is 27.5 Å². The van der Waals surface area contributed by atoms with Gasteiger partial charge in [-0.05, 0) is 65.4 Å². The Morgan fingerprint density at radius 3 is 2.85 bits per heavy atom. The lowest BCUT2D eigenvalue weighted by Gasteiger charge is -2.09. The summed E-state index contributed by atoms with van der Waals surface area (Å²) in [4.78, 5) is 22.7. The van der Waals surface area contributed by atoms with Crippen LogP contribution in [0, 0.1) is 11.3 Å². The first-order chi connectivity index (χ1) is 13.2. The van der Waals surface area contributed by atoms with Crippen LogP contribution in [0.2, 0.25) is 0 Å². The van der Waals surface area contributed by atoms with Crippen molar-refractivity contribution in [3.63, 3.8) is 0 Å². The molecule has 5 nitrogen and oxygen atoms in total. The van der Waals surface area contributed by atoms with Gasteiger partial charge in [-0.3, -0.25) is 4.79 Å². The van der Waals surface area contributed by atoms with E-state index in [1.165, 1.54) is 29.7 Å². The third-order valence-corrected chi connectivity index (χ3v) is 6.63. The van der Waals surface area contributed by atoms with E-state index in [0.29, 0.717) is 11.6 Å². The fraction of sp³-hybridized carbons (Fsp3) is 0.350. The number of H-pyrrole nitrogens is 1. The van der Waals surface area contributed by atoms with E-state index in [2.05, 4.69) is 20.9 Å². The fourth-order valence-corrected chi connectivity index (χ4v) is 5.28. The molecule has 0 amide bonds. The zero-order chi connectivity index (χ0) is 18.8. The average molecular weight is 444 g/mol. The summed E-state index contributed by atoms with van der Waals surface area (Å²) in [5, 5.41) is 9.42. The van der Waals surface area contributed by atoms with Gasteiger partial charge in [0.1, 0.15) is 22.5 Å². The quantitative estimate of drug-likeness (QED) is 0.618. The van der Waals surface area contributed by atoms with E-state index < -0.39 is 0 Å². The maximum Gasteiger partial charge on any atom is 0.260 e. The molecule has 1 aliphatic carbocycles. The van der Waals surface area contributed by atoms with Gasteiger partial charge in [-0.25, -0.2) is 4.98 Å². The number of rotatable bonds is 3. The molecule has 2 aromatic heterocycles. The monoisotopic (exact) mass is 443 g/mol. The van der Waals surface area contributed by atoms with Crippen LogP contribution in [-0.2, 0) is 12.8 Å². The number of thiophene rings is 1. The van der Waals surface area contributed by atoms with Crippen LogP contribution in [0.25, 0.3) is 21.6 Å². The highest BCUT2D eigenvalue weighted by atomic mass is 79.9. The first-order valence-corrected chi connectivity index (χ1v) is 10.6. The van der Waals surface area contributed by atoms with Crippen LogP contribution in [-0.4, -0.2) is 16.6 Å². The number of nitrogens with zero attached hydrogens (tertiary/aromatic N) is 2. The molecule has 1 N–H and O–H groups in total. The number of aromatic nitrogens is 2. The predicted molar refractivity (Wildman–Crippen MR) is 110 cm³/mol. The molecule has 27 heavy (non-hydrogen) atoms. The van der Waals surface area contributed by atoms with Crippen LogP contribution in [0.1, 0.15) is 36.1 Å². The Kier molecular flexibility index (Phi) is 5.28. The topological polar surface area (TPSA) is 78.8 Å². The lowest BCUT2D eigenvalue weighted by Crippen LogP contribution is -2.10. The Balaban J connectivity index is 1.76. The molecule has 7 heteroatoms. The third-order valence-electron chi connectivity index (χ3n) is 4.82. The average Bonchev–Trinajstić information content (AvgIpc) is 2.97. The molecule has 0 saturated carbocycles. The molecule has 0 saturated heterocycles. The molecule has 4 rings (SSSR count). The summed E-state index contributed by atoms with van der Waals surface area (Å²) in [5.74, 6) is 1.14. The molecular weight excluding hydrogens is 426 g/mol. The van der Waals surface area contributed by atoms with Gasteiger partial charge < -0.3 is 9.72 Å². The number of halogens is 1. The minimum absolute atomic E-state index is 0.0141. The smallest absolute Gasteiger partial charge is 0.260 e. The van der Waals surface area contributed by atoms with Crippen LogP contribution >= 0.6 is 27.3 Å². The molecule has 0 unspecified atom stereocenters. The minimum Gasteiger partial charge on any atom is -0.478 e. The summed E-state index contributed by atoms with van der Waals surface area (Å²) in [6.45, 7) is -0.0141. The van der Waals surface area contributed by atoms with Crippen LogP contribution in [0.3, 0.4) is 0 Å². The molecule has 1 aromatic carbocycles. The van der Waals surface area contributed by atoms with Crippen LogP contribution < -0.4 is 10.3 Å². The van der Waals surface area contributed by atoms with E-state index in [0.717, 1.165) is 39.5 Å². The van der Waals surface area contributed by atoms with Gasteiger partial charge in [-0.2, -0.15) is 5.26 Å². The lowest BCUT2D eigenvalue weighted by molar-refractivity contribution is 0.366. The van der Waals surface area contributed by atoms with Gasteiger partial charge in [0.2, 0.25) is 0 Å². The molecule has 138 valence electrons. The van der Waals surface area contributed by atoms with Crippen molar-refractivity contribution in [1.82, 2.24) is 9.97 Å². The molecular formula is C20H18BrN3O2S. The van der Waals surface area contributed by atoms with Gasteiger partial charge in [-0.15, -0.1) is 11.3 Å². The maximum atomic E-state index is 12.8. The highest BCUT2D eigenvalue weighted by Crippen LogP contribution is 2.34. The molecule has 2 heterocycles. The zero-order valence-electron chi connectivity index (χ0n) is 14.7. The number of nitriles is 1. The van der Waals surface area contributed by atoms with Crippen molar-refractivity contribution < 1.29 is 4.74 Å². The van der Waals surface area contributed by atoms with E-state index in [1.807, 2.05) is 18.2 Å². The van der Waals surface area contributed by atoms with Crippen molar-refractivity contribution >= 4 is 37.5 Å². The van der Waals surface area contributed by atoms with E-state index >= 15 is 0 Å². The number of nitrogens with one attached hydrogen (secondary N) is 1. The summed E-state index contributed by atoms with van der Waals surface area (Å²) in [6, 6.07) is 7.41. The Morgan fingerprint density at radius 1 is 1.26 bits per heavy atom. The van der Waals surface area contributed by atoms with E-state index in [9.17, 15) is 4.79 Å². The Morgan fingerprint density at radius 2 is 2.07 bits per heavy atom. The van der Waals surface area contributed by atoms with Crippen molar-refractivity contribution in [2.24, 2.45) is 0 Å². The third kappa shape index (κ3) is 3.64. The second-order valence-electron chi connectivity index (χ2n) is 6.60. The van der Waals surface area contributed by atoms with Gasteiger partial charge >= 0.3 is 0 Å². The van der Waals surface area contributed by atoms with E-state index in [4.69, 9.17) is 15.0 Å². The molecule has 0 aliphatic heterocycles. The molecule has 0 fully saturated rings. The van der Waals surface area contributed by atoms with Crippen molar-refractivity contribution in [1.29, 1.82) is 5.26 Å². The molecule has 0 radical (unpaired) electrons. The number of hydrogen-bond acceptors (Lipinski definition) is 5. The molecule has 1 aliphatic rings. The van der Waals surface area contributed by atoms with Gasteiger partial charge in [0.25, 0.3) is 5.56 Å². The van der Waals surface area contributed by atoms with Gasteiger partial charge in [0.15, 0.2) is 6.61 Å². The molecule has 0 spiro atoms. The summed E-state index contributed by atoms with van der Waals surface area (Å²) in [7, 11) is 0. The summed E-state index contributed by atoms with van der Waals surface area (Å²) in [6.07, 6.45) is 6.82. The van der Waals surface area contributed by atoms with Gasteiger partial charge in [-0.1, -0.05) is 12.8 Å². The fourth-order valence-electron chi connectivity index (χ4n) is 3.53. The van der Waals surface area contributed by atoms with Crippen molar-refractivity contribution in [3.05, 3.63) is 43.5 Å².